The van der Waals surface area contributed by atoms with Gasteiger partial charge < -0.3 is 19.8 Å². The van der Waals surface area contributed by atoms with Crippen LogP contribution in [-0.4, -0.2) is 30.1 Å². The highest BCUT2D eigenvalue weighted by Gasteiger charge is 2.15. The number of hydrogen-bond donors (Lipinski definition) is 2. The second-order valence-corrected chi connectivity index (χ2v) is 7.87. The molecule has 2 N–H and O–H groups in total. The van der Waals surface area contributed by atoms with Crippen LogP contribution in [0, 0.1) is 11.3 Å². The molecule has 0 saturated heterocycles. The molecule has 6 nitrogen and oxygen atoms in total. The molecule has 3 aromatic rings. The summed E-state index contributed by atoms with van der Waals surface area (Å²) in [4.78, 5) is 15.8. The molecule has 0 saturated carbocycles. The van der Waals surface area contributed by atoms with E-state index in [1.807, 2.05) is 57.3 Å². The number of benzene rings is 2. The van der Waals surface area contributed by atoms with E-state index in [1.165, 1.54) is 6.08 Å². The highest BCUT2D eigenvalue weighted by atomic mass is 35.5. The SMILES string of the molecule is CCOc1cc(/C=C(/C#N)C(=O)NCCc2c[nH]c3ccccc23)cc(Cl)c1OC(C)C. The Labute approximate surface area is 192 Å². The van der Waals surface area contributed by atoms with Crippen LogP contribution in [0.5, 0.6) is 11.5 Å². The van der Waals surface area contributed by atoms with Crippen LogP contribution < -0.4 is 14.8 Å². The third-order valence-corrected chi connectivity index (χ3v) is 5.00. The fourth-order valence-corrected chi connectivity index (χ4v) is 3.61. The topological polar surface area (TPSA) is 87.1 Å². The molecule has 166 valence electrons. The minimum atomic E-state index is -0.441. The molecule has 0 atom stereocenters. The first kappa shape index (κ1) is 23.2. The van der Waals surface area contributed by atoms with E-state index in [0.29, 0.717) is 41.7 Å². The maximum atomic E-state index is 12.6. The van der Waals surface area contributed by atoms with Crippen LogP contribution in [-0.2, 0) is 11.2 Å². The van der Waals surface area contributed by atoms with Gasteiger partial charge in [0.15, 0.2) is 11.5 Å². The first-order valence-corrected chi connectivity index (χ1v) is 10.9. The lowest BCUT2D eigenvalue weighted by atomic mass is 10.1. The molecule has 0 radical (unpaired) electrons. The average molecular weight is 452 g/mol. The number of hydrogen-bond acceptors (Lipinski definition) is 4. The number of ether oxygens (including phenoxy) is 2. The van der Waals surface area contributed by atoms with E-state index in [4.69, 9.17) is 21.1 Å². The molecular weight excluding hydrogens is 426 g/mol. The molecule has 0 fully saturated rings. The Balaban J connectivity index is 1.73. The summed E-state index contributed by atoms with van der Waals surface area (Å²) in [5, 5.41) is 13.8. The summed E-state index contributed by atoms with van der Waals surface area (Å²) in [5.74, 6) is 0.475. The summed E-state index contributed by atoms with van der Waals surface area (Å²) in [6.07, 6.45) is 4.01. The zero-order valence-electron chi connectivity index (χ0n) is 18.4. The van der Waals surface area contributed by atoms with E-state index >= 15 is 0 Å². The molecular formula is C25H26ClN3O3. The Kier molecular flexibility index (Phi) is 7.80. The predicted molar refractivity (Wildman–Crippen MR) is 127 cm³/mol. The average Bonchev–Trinajstić information content (AvgIpc) is 3.17. The second kappa shape index (κ2) is 10.7. The van der Waals surface area contributed by atoms with Gasteiger partial charge >= 0.3 is 0 Å². The van der Waals surface area contributed by atoms with Gasteiger partial charge in [-0.15, -0.1) is 0 Å². The monoisotopic (exact) mass is 451 g/mol. The standard InChI is InChI=1S/C25H26ClN3O3/c1-4-31-23-13-17(12-21(26)24(23)32-16(2)3)11-19(14-27)25(30)28-10-9-18-15-29-22-8-6-5-7-20(18)22/h5-8,11-13,15-16,29H,4,9-10H2,1-3H3,(H,28,30)/b19-11-. The summed E-state index contributed by atoms with van der Waals surface area (Å²) < 4.78 is 11.4. The number of aromatic nitrogens is 1. The normalized spacial score (nSPS) is 11.4. The molecule has 32 heavy (non-hydrogen) atoms. The van der Waals surface area contributed by atoms with Gasteiger partial charge in [-0.2, -0.15) is 5.26 Å². The van der Waals surface area contributed by atoms with Crippen molar-refractivity contribution in [3.63, 3.8) is 0 Å². The van der Waals surface area contributed by atoms with Crippen LogP contribution in [0.2, 0.25) is 5.02 Å². The molecule has 7 heteroatoms. The lowest BCUT2D eigenvalue weighted by molar-refractivity contribution is -0.117. The number of carbonyl (C=O) groups is 1. The minimum absolute atomic E-state index is 0.0139. The number of nitriles is 1. The lowest BCUT2D eigenvalue weighted by Crippen LogP contribution is -2.26. The first-order valence-electron chi connectivity index (χ1n) is 10.5. The molecule has 0 aliphatic carbocycles. The summed E-state index contributed by atoms with van der Waals surface area (Å²) in [6, 6.07) is 13.3. The van der Waals surface area contributed by atoms with Crippen LogP contribution >= 0.6 is 11.6 Å². The molecule has 0 bridgehead atoms. The number of aromatic amines is 1. The number of halogens is 1. The van der Waals surface area contributed by atoms with E-state index in [0.717, 1.165) is 16.5 Å². The van der Waals surface area contributed by atoms with Crippen molar-refractivity contribution in [3.8, 4) is 17.6 Å². The van der Waals surface area contributed by atoms with Crippen molar-refractivity contribution in [1.29, 1.82) is 5.26 Å². The second-order valence-electron chi connectivity index (χ2n) is 7.46. The van der Waals surface area contributed by atoms with Gasteiger partial charge in [0.25, 0.3) is 5.91 Å². The lowest BCUT2D eigenvalue weighted by Gasteiger charge is -2.16. The molecule has 3 rings (SSSR count). The number of nitrogens with one attached hydrogen (secondary N) is 2. The van der Waals surface area contributed by atoms with E-state index in [-0.39, 0.29) is 11.7 Å². The van der Waals surface area contributed by atoms with Crippen LogP contribution in [0.4, 0.5) is 0 Å². The summed E-state index contributed by atoms with van der Waals surface area (Å²) in [7, 11) is 0. The first-order chi connectivity index (χ1) is 15.4. The smallest absolute Gasteiger partial charge is 0.261 e. The molecule has 1 amide bonds. The Hall–Kier alpha value is -3.43. The van der Waals surface area contributed by atoms with Crippen molar-refractivity contribution in [2.24, 2.45) is 0 Å². The van der Waals surface area contributed by atoms with Crippen molar-refractivity contribution in [1.82, 2.24) is 10.3 Å². The number of amides is 1. The maximum absolute atomic E-state index is 12.6. The molecule has 2 aromatic carbocycles. The molecule has 0 spiro atoms. The van der Waals surface area contributed by atoms with Gasteiger partial charge in [-0.1, -0.05) is 29.8 Å². The fraction of sp³-hybridized carbons (Fsp3) is 0.280. The summed E-state index contributed by atoms with van der Waals surface area (Å²) >= 11 is 6.39. The number of rotatable bonds is 9. The number of carbonyl (C=O) groups excluding carboxylic acids is 1. The van der Waals surface area contributed by atoms with Gasteiger partial charge in [-0.25, -0.2) is 0 Å². The van der Waals surface area contributed by atoms with Crippen LogP contribution in [0.25, 0.3) is 17.0 Å². The van der Waals surface area contributed by atoms with E-state index in [9.17, 15) is 10.1 Å². The predicted octanol–water partition coefficient (Wildman–Crippen LogP) is 5.27. The van der Waals surface area contributed by atoms with Crippen LogP contribution in [0.1, 0.15) is 31.9 Å². The number of fused-ring (bicyclic) bond motifs is 1. The Morgan fingerprint density at radius 1 is 1.31 bits per heavy atom. The number of para-hydroxylation sites is 1. The van der Waals surface area contributed by atoms with Gasteiger partial charge in [0.1, 0.15) is 11.6 Å². The summed E-state index contributed by atoms with van der Waals surface area (Å²) in [6.45, 7) is 6.49. The Morgan fingerprint density at radius 2 is 2.09 bits per heavy atom. The fourth-order valence-electron chi connectivity index (χ4n) is 3.34. The zero-order valence-corrected chi connectivity index (χ0v) is 19.1. The van der Waals surface area contributed by atoms with Crippen molar-refractivity contribution < 1.29 is 14.3 Å². The van der Waals surface area contributed by atoms with Gasteiger partial charge in [0.05, 0.1) is 17.7 Å². The highest BCUT2D eigenvalue weighted by Crippen LogP contribution is 2.38. The van der Waals surface area contributed by atoms with Crippen molar-refractivity contribution in [2.45, 2.75) is 33.3 Å². The Morgan fingerprint density at radius 3 is 2.81 bits per heavy atom. The minimum Gasteiger partial charge on any atom is -0.490 e. The molecule has 0 unspecified atom stereocenters. The van der Waals surface area contributed by atoms with Crippen LogP contribution in [0.3, 0.4) is 0 Å². The number of nitrogens with zero attached hydrogens (tertiary/aromatic N) is 1. The third kappa shape index (κ3) is 5.63. The van der Waals surface area contributed by atoms with Crippen molar-refractivity contribution in [2.75, 3.05) is 13.2 Å². The van der Waals surface area contributed by atoms with E-state index < -0.39 is 5.91 Å². The van der Waals surface area contributed by atoms with Crippen molar-refractivity contribution in [3.05, 3.63) is 64.3 Å². The number of H-pyrrole nitrogens is 1. The molecule has 1 heterocycles. The molecule has 0 aliphatic rings. The zero-order chi connectivity index (χ0) is 23.1. The van der Waals surface area contributed by atoms with E-state index in [1.54, 1.807) is 12.1 Å². The van der Waals surface area contributed by atoms with Gasteiger partial charge in [0, 0.05) is 23.6 Å². The van der Waals surface area contributed by atoms with Crippen LogP contribution in [0.15, 0.2) is 48.2 Å². The Bertz CT molecular complexity index is 1170. The van der Waals surface area contributed by atoms with Crippen molar-refractivity contribution >= 4 is 34.5 Å². The highest BCUT2D eigenvalue weighted by molar-refractivity contribution is 6.32. The summed E-state index contributed by atoms with van der Waals surface area (Å²) in [5.41, 5.74) is 2.73. The molecule has 1 aromatic heterocycles. The van der Waals surface area contributed by atoms with Gasteiger partial charge in [-0.05, 0) is 62.6 Å². The quantitative estimate of drug-likeness (QED) is 0.342. The largest absolute Gasteiger partial charge is 0.490 e. The van der Waals surface area contributed by atoms with Gasteiger partial charge in [0.2, 0.25) is 0 Å². The van der Waals surface area contributed by atoms with Gasteiger partial charge in [-0.3, -0.25) is 4.79 Å². The van der Waals surface area contributed by atoms with E-state index in [2.05, 4.69) is 10.3 Å². The third-order valence-electron chi connectivity index (χ3n) is 4.72. The molecule has 0 aliphatic heterocycles. The maximum Gasteiger partial charge on any atom is 0.261 e.